The third kappa shape index (κ3) is 1.47. The number of fused-ring (bicyclic) bond motifs is 1. The lowest BCUT2D eigenvalue weighted by atomic mass is 10.1. The van der Waals surface area contributed by atoms with Crippen molar-refractivity contribution in [3.05, 3.63) is 54.4 Å². The first-order chi connectivity index (χ1) is 8.27. The van der Waals surface area contributed by atoms with Crippen molar-refractivity contribution in [2.75, 3.05) is 5.73 Å². The number of nitrogens with zero attached hydrogens (tertiary/aromatic N) is 2. The SMILES string of the molecule is Cc1cccc2cnc(-c3ccccc3N)n12. The fourth-order valence-corrected chi connectivity index (χ4v) is 2.10. The van der Waals surface area contributed by atoms with Crippen molar-refractivity contribution >= 4 is 11.2 Å². The molecule has 0 bridgehead atoms. The van der Waals surface area contributed by atoms with Crippen molar-refractivity contribution < 1.29 is 0 Å². The van der Waals surface area contributed by atoms with Gasteiger partial charge in [-0.05, 0) is 31.2 Å². The number of hydrogen-bond donors (Lipinski definition) is 1. The van der Waals surface area contributed by atoms with Gasteiger partial charge >= 0.3 is 0 Å². The van der Waals surface area contributed by atoms with Gasteiger partial charge in [0.25, 0.3) is 0 Å². The van der Waals surface area contributed by atoms with E-state index in [0.29, 0.717) is 0 Å². The molecule has 3 aromatic rings. The van der Waals surface area contributed by atoms with Crippen LogP contribution in [0.25, 0.3) is 16.9 Å². The van der Waals surface area contributed by atoms with Crippen molar-refractivity contribution in [1.82, 2.24) is 9.38 Å². The van der Waals surface area contributed by atoms with Crippen LogP contribution in [0.5, 0.6) is 0 Å². The molecule has 2 aromatic heterocycles. The smallest absolute Gasteiger partial charge is 0.146 e. The highest BCUT2D eigenvalue weighted by molar-refractivity contribution is 5.74. The lowest BCUT2D eigenvalue weighted by Gasteiger charge is -2.07. The van der Waals surface area contributed by atoms with Gasteiger partial charge < -0.3 is 5.73 Å². The Hall–Kier alpha value is -2.29. The number of imidazole rings is 1. The largest absolute Gasteiger partial charge is 0.398 e. The minimum atomic E-state index is 0.753. The molecule has 17 heavy (non-hydrogen) atoms. The van der Waals surface area contributed by atoms with Gasteiger partial charge in [0.05, 0.1) is 11.7 Å². The molecule has 0 aliphatic heterocycles. The van der Waals surface area contributed by atoms with E-state index in [9.17, 15) is 0 Å². The number of nitrogens with two attached hydrogens (primary N) is 1. The molecule has 0 unspecified atom stereocenters. The molecule has 1 aromatic carbocycles. The van der Waals surface area contributed by atoms with Crippen molar-refractivity contribution in [3.8, 4) is 11.4 Å². The number of aryl methyl sites for hydroxylation is 1. The van der Waals surface area contributed by atoms with E-state index in [1.165, 1.54) is 0 Å². The van der Waals surface area contributed by atoms with Crippen molar-refractivity contribution in [2.45, 2.75) is 6.92 Å². The third-order valence-electron chi connectivity index (χ3n) is 2.95. The van der Waals surface area contributed by atoms with Crippen LogP contribution in [0.2, 0.25) is 0 Å². The Balaban J connectivity index is 2.36. The molecule has 84 valence electrons. The van der Waals surface area contributed by atoms with Crippen molar-refractivity contribution in [2.24, 2.45) is 0 Å². The van der Waals surface area contributed by atoms with Crippen LogP contribution in [-0.4, -0.2) is 9.38 Å². The maximum Gasteiger partial charge on any atom is 0.146 e. The first kappa shape index (κ1) is 9.90. The van der Waals surface area contributed by atoms with Crippen LogP contribution in [0.1, 0.15) is 5.69 Å². The lowest BCUT2D eigenvalue weighted by Crippen LogP contribution is -1.96. The second-order valence-electron chi connectivity index (χ2n) is 4.10. The van der Waals surface area contributed by atoms with E-state index in [2.05, 4.69) is 22.4 Å². The molecule has 0 atom stereocenters. The molecule has 3 rings (SSSR count). The standard InChI is InChI=1S/C14H13N3/c1-10-5-4-6-11-9-16-14(17(10)11)12-7-2-3-8-13(12)15/h2-9H,15H2,1H3. The Morgan fingerprint density at radius 1 is 1.06 bits per heavy atom. The average molecular weight is 223 g/mol. The van der Waals surface area contributed by atoms with E-state index in [1.54, 1.807) is 0 Å². The number of nitrogen functional groups attached to an aromatic ring is 1. The lowest BCUT2D eigenvalue weighted by molar-refractivity contribution is 1.08. The predicted molar refractivity (Wildman–Crippen MR) is 69.8 cm³/mol. The summed E-state index contributed by atoms with van der Waals surface area (Å²) < 4.78 is 2.12. The summed E-state index contributed by atoms with van der Waals surface area (Å²) in [7, 11) is 0. The van der Waals surface area contributed by atoms with Crippen LogP contribution in [-0.2, 0) is 0 Å². The summed E-state index contributed by atoms with van der Waals surface area (Å²) in [4.78, 5) is 4.47. The second-order valence-corrected chi connectivity index (χ2v) is 4.10. The predicted octanol–water partition coefficient (Wildman–Crippen LogP) is 2.89. The fraction of sp³-hybridized carbons (Fsp3) is 0.0714. The van der Waals surface area contributed by atoms with Gasteiger partial charge in [0.2, 0.25) is 0 Å². The molecule has 0 saturated heterocycles. The zero-order valence-corrected chi connectivity index (χ0v) is 9.59. The topological polar surface area (TPSA) is 43.3 Å². The summed E-state index contributed by atoms with van der Waals surface area (Å²) >= 11 is 0. The molecule has 0 radical (unpaired) electrons. The molecule has 0 saturated carbocycles. The molecule has 2 heterocycles. The number of hydrogen-bond acceptors (Lipinski definition) is 2. The Kier molecular flexibility index (Phi) is 2.11. The van der Waals surface area contributed by atoms with Gasteiger partial charge in [-0.1, -0.05) is 18.2 Å². The van der Waals surface area contributed by atoms with Gasteiger partial charge in [0.15, 0.2) is 0 Å². The highest BCUT2D eigenvalue weighted by Gasteiger charge is 2.09. The summed E-state index contributed by atoms with van der Waals surface area (Å²) in [6.45, 7) is 2.07. The van der Waals surface area contributed by atoms with E-state index in [1.807, 2.05) is 42.6 Å². The molecule has 0 spiro atoms. The minimum absolute atomic E-state index is 0.753. The highest BCUT2D eigenvalue weighted by Crippen LogP contribution is 2.26. The third-order valence-corrected chi connectivity index (χ3v) is 2.95. The van der Waals surface area contributed by atoms with E-state index < -0.39 is 0 Å². The zero-order chi connectivity index (χ0) is 11.8. The normalized spacial score (nSPS) is 10.9. The summed E-state index contributed by atoms with van der Waals surface area (Å²) in [6, 6.07) is 13.9. The van der Waals surface area contributed by atoms with Crippen LogP contribution >= 0.6 is 0 Å². The number of aromatic nitrogens is 2. The van der Waals surface area contributed by atoms with Gasteiger partial charge in [-0.3, -0.25) is 4.40 Å². The number of para-hydroxylation sites is 1. The van der Waals surface area contributed by atoms with Crippen molar-refractivity contribution in [3.63, 3.8) is 0 Å². The number of benzene rings is 1. The molecular weight excluding hydrogens is 210 g/mol. The summed E-state index contributed by atoms with van der Waals surface area (Å²) in [5, 5.41) is 0. The zero-order valence-electron chi connectivity index (χ0n) is 9.59. The van der Waals surface area contributed by atoms with E-state index >= 15 is 0 Å². The molecule has 2 N–H and O–H groups in total. The fourth-order valence-electron chi connectivity index (χ4n) is 2.10. The van der Waals surface area contributed by atoms with Crippen LogP contribution in [0.4, 0.5) is 5.69 Å². The Morgan fingerprint density at radius 2 is 1.88 bits per heavy atom. The molecule has 3 heteroatoms. The van der Waals surface area contributed by atoms with Gasteiger partial charge in [0.1, 0.15) is 5.82 Å². The summed E-state index contributed by atoms with van der Waals surface area (Å²) in [6.07, 6.45) is 1.87. The quantitative estimate of drug-likeness (QED) is 0.644. The Bertz CT molecular complexity index is 683. The second kappa shape index (κ2) is 3.63. The number of rotatable bonds is 1. The molecule has 0 aliphatic rings. The van der Waals surface area contributed by atoms with Crippen LogP contribution < -0.4 is 5.73 Å². The van der Waals surface area contributed by atoms with E-state index in [4.69, 9.17) is 5.73 Å². The van der Waals surface area contributed by atoms with Gasteiger partial charge in [-0.15, -0.1) is 0 Å². The van der Waals surface area contributed by atoms with E-state index in [-0.39, 0.29) is 0 Å². The van der Waals surface area contributed by atoms with Crippen LogP contribution in [0.3, 0.4) is 0 Å². The molecule has 0 amide bonds. The minimum Gasteiger partial charge on any atom is -0.398 e. The average Bonchev–Trinajstić information content (AvgIpc) is 2.75. The highest BCUT2D eigenvalue weighted by atomic mass is 15.0. The summed E-state index contributed by atoms with van der Waals surface area (Å²) in [5.41, 5.74) is 9.96. The van der Waals surface area contributed by atoms with Gasteiger partial charge in [-0.2, -0.15) is 0 Å². The molecular formula is C14H13N3. The van der Waals surface area contributed by atoms with Gasteiger partial charge in [-0.25, -0.2) is 4.98 Å². The number of pyridine rings is 1. The molecule has 0 fully saturated rings. The first-order valence-electron chi connectivity index (χ1n) is 5.55. The van der Waals surface area contributed by atoms with Crippen LogP contribution in [0, 0.1) is 6.92 Å². The van der Waals surface area contributed by atoms with Gasteiger partial charge in [0, 0.05) is 16.9 Å². The number of anilines is 1. The van der Waals surface area contributed by atoms with Crippen molar-refractivity contribution in [1.29, 1.82) is 0 Å². The summed E-state index contributed by atoms with van der Waals surface area (Å²) in [5.74, 6) is 0.899. The monoisotopic (exact) mass is 223 g/mol. The maximum absolute atomic E-state index is 6.00. The van der Waals surface area contributed by atoms with Crippen LogP contribution in [0.15, 0.2) is 48.7 Å². The molecule has 3 nitrogen and oxygen atoms in total. The first-order valence-corrected chi connectivity index (χ1v) is 5.55. The Morgan fingerprint density at radius 3 is 2.71 bits per heavy atom. The maximum atomic E-state index is 6.00. The Labute approximate surface area is 99.5 Å². The molecule has 0 aliphatic carbocycles. The van der Waals surface area contributed by atoms with E-state index in [0.717, 1.165) is 28.3 Å².